The second-order valence-corrected chi connectivity index (χ2v) is 6.46. The normalized spacial score (nSPS) is 15.1. The molecule has 2 aromatic carbocycles. The van der Waals surface area contributed by atoms with Gasteiger partial charge in [0.1, 0.15) is 5.75 Å². The summed E-state index contributed by atoms with van der Waals surface area (Å²) in [5.74, 6) is 0.678. The minimum atomic E-state index is -0.274. The van der Waals surface area contributed by atoms with Crippen LogP contribution in [0.2, 0.25) is 0 Å². The molecule has 1 atom stereocenters. The van der Waals surface area contributed by atoms with Gasteiger partial charge in [-0.2, -0.15) is 0 Å². The fraction of sp³-hybridized carbons (Fsp3) is 0.273. The summed E-state index contributed by atoms with van der Waals surface area (Å²) in [6.07, 6.45) is 4.63. The molecule has 0 saturated carbocycles. The fourth-order valence-corrected chi connectivity index (χ4v) is 3.17. The predicted octanol–water partition coefficient (Wildman–Crippen LogP) is 3.54. The summed E-state index contributed by atoms with van der Waals surface area (Å²) < 4.78 is 5.62. The molecule has 1 aliphatic rings. The van der Waals surface area contributed by atoms with Gasteiger partial charge in [0.05, 0.1) is 19.1 Å². The molecule has 27 heavy (non-hydrogen) atoms. The Kier molecular flexibility index (Phi) is 6.26. The summed E-state index contributed by atoms with van der Waals surface area (Å²) in [7, 11) is 0. The van der Waals surface area contributed by atoms with Crippen LogP contribution in [0.1, 0.15) is 36.9 Å². The molecular weight excluding hydrogens is 340 g/mol. The van der Waals surface area contributed by atoms with Crippen LogP contribution < -0.4 is 10.1 Å². The van der Waals surface area contributed by atoms with Gasteiger partial charge in [-0.05, 0) is 35.8 Å². The number of amides is 2. The fourth-order valence-electron chi connectivity index (χ4n) is 3.17. The highest BCUT2D eigenvalue weighted by Crippen LogP contribution is 2.32. The molecule has 5 heteroatoms. The SMILES string of the molecule is CC(=O)N1C=Cc2ccccc2C1CC(=O)NCCCOc1ccccc1. The number of carbonyl (C=O) groups is 2. The van der Waals surface area contributed by atoms with E-state index in [4.69, 9.17) is 4.74 Å². The third kappa shape index (κ3) is 4.97. The highest BCUT2D eigenvalue weighted by molar-refractivity contribution is 5.81. The highest BCUT2D eigenvalue weighted by atomic mass is 16.5. The van der Waals surface area contributed by atoms with Crippen LogP contribution in [0.3, 0.4) is 0 Å². The summed E-state index contributed by atoms with van der Waals surface area (Å²) in [5.41, 5.74) is 2.04. The van der Waals surface area contributed by atoms with Gasteiger partial charge < -0.3 is 15.0 Å². The number of nitrogens with one attached hydrogen (secondary N) is 1. The quantitative estimate of drug-likeness (QED) is 0.765. The van der Waals surface area contributed by atoms with Crippen LogP contribution in [0.4, 0.5) is 0 Å². The van der Waals surface area contributed by atoms with Crippen LogP contribution in [0.25, 0.3) is 6.08 Å². The summed E-state index contributed by atoms with van der Waals surface area (Å²) in [6.45, 7) is 2.60. The van der Waals surface area contributed by atoms with Crippen LogP contribution in [0.15, 0.2) is 60.8 Å². The van der Waals surface area contributed by atoms with E-state index in [9.17, 15) is 9.59 Å². The lowest BCUT2D eigenvalue weighted by Gasteiger charge is -2.32. The molecule has 0 spiro atoms. The van der Waals surface area contributed by atoms with Gasteiger partial charge in [0.25, 0.3) is 0 Å². The lowest BCUT2D eigenvalue weighted by Crippen LogP contribution is -2.35. The van der Waals surface area contributed by atoms with Crippen molar-refractivity contribution >= 4 is 17.9 Å². The van der Waals surface area contributed by atoms with Crippen LogP contribution in [-0.2, 0) is 9.59 Å². The maximum absolute atomic E-state index is 12.4. The van der Waals surface area contributed by atoms with Crippen molar-refractivity contribution in [3.8, 4) is 5.75 Å². The van der Waals surface area contributed by atoms with Crippen molar-refractivity contribution in [1.82, 2.24) is 10.2 Å². The second-order valence-electron chi connectivity index (χ2n) is 6.46. The summed E-state index contributed by atoms with van der Waals surface area (Å²) in [4.78, 5) is 26.0. The van der Waals surface area contributed by atoms with Crippen molar-refractivity contribution in [2.75, 3.05) is 13.2 Å². The third-order valence-corrected chi connectivity index (χ3v) is 4.50. The van der Waals surface area contributed by atoms with E-state index < -0.39 is 0 Å². The molecule has 0 aromatic heterocycles. The molecule has 140 valence electrons. The molecule has 1 N–H and O–H groups in total. The van der Waals surface area contributed by atoms with Crippen molar-refractivity contribution in [2.24, 2.45) is 0 Å². The lowest BCUT2D eigenvalue weighted by molar-refractivity contribution is -0.129. The molecule has 0 saturated heterocycles. The lowest BCUT2D eigenvalue weighted by atomic mass is 9.93. The Morgan fingerprint density at radius 1 is 1.07 bits per heavy atom. The van der Waals surface area contributed by atoms with Gasteiger partial charge in [-0.1, -0.05) is 42.5 Å². The van der Waals surface area contributed by atoms with E-state index in [1.807, 2.05) is 60.7 Å². The molecule has 1 unspecified atom stereocenters. The first-order valence-corrected chi connectivity index (χ1v) is 9.16. The van der Waals surface area contributed by atoms with Gasteiger partial charge in [-0.15, -0.1) is 0 Å². The van der Waals surface area contributed by atoms with E-state index in [2.05, 4.69) is 5.32 Å². The van der Waals surface area contributed by atoms with Gasteiger partial charge in [0.15, 0.2) is 0 Å². The first-order chi connectivity index (χ1) is 13.1. The zero-order valence-corrected chi connectivity index (χ0v) is 15.4. The number of para-hydroxylation sites is 1. The summed E-state index contributed by atoms with van der Waals surface area (Å²) in [6, 6.07) is 17.2. The van der Waals surface area contributed by atoms with Crippen molar-refractivity contribution < 1.29 is 14.3 Å². The topological polar surface area (TPSA) is 58.6 Å². The number of fused-ring (bicyclic) bond motifs is 1. The number of carbonyl (C=O) groups excluding carboxylic acids is 2. The Balaban J connectivity index is 1.50. The van der Waals surface area contributed by atoms with Gasteiger partial charge in [-0.25, -0.2) is 0 Å². The number of ether oxygens (including phenoxy) is 1. The molecule has 2 amide bonds. The molecule has 1 heterocycles. The van der Waals surface area contributed by atoms with Gasteiger partial charge in [-0.3, -0.25) is 9.59 Å². The van der Waals surface area contributed by atoms with E-state index >= 15 is 0 Å². The van der Waals surface area contributed by atoms with Crippen molar-refractivity contribution in [3.05, 3.63) is 71.9 Å². The molecule has 1 aliphatic heterocycles. The molecule has 0 fully saturated rings. The Hall–Kier alpha value is -3.08. The van der Waals surface area contributed by atoms with Crippen LogP contribution in [0, 0.1) is 0 Å². The zero-order valence-electron chi connectivity index (χ0n) is 15.4. The largest absolute Gasteiger partial charge is 0.494 e. The second kappa shape index (κ2) is 9.03. The van der Waals surface area contributed by atoms with Crippen molar-refractivity contribution in [1.29, 1.82) is 0 Å². The smallest absolute Gasteiger partial charge is 0.223 e. The number of nitrogens with zero attached hydrogens (tertiary/aromatic N) is 1. The highest BCUT2D eigenvalue weighted by Gasteiger charge is 2.27. The number of hydrogen-bond acceptors (Lipinski definition) is 3. The number of benzene rings is 2. The van der Waals surface area contributed by atoms with E-state index in [1.165, 1.54) is 6.92 Å². The average molecular weight is 364 g/mol. The molecular formula is C22H24N2O3. The Bertz CT molecular complexity index is 817. The summed E-state index contributed by atoms with van der Waals surface area (Å²) in [5, 5.41) is 2.93. The predicted molar refractivity (Wildman–Crippen MR) is 105 cm³/mol. The standard InChI is InChI=1S/C22H24N2O3/c1-17(25)24-14-12-18-8-5-6-11-20(18)21(24)16-22(26)23-13-7-15-27-19-9-3-2-4-10-19/h2-6,8-12,14,21H,7,13,15-16H2,1H3,(H,23,26). The number of rotatable bonds is 7. The van der Waals surface area contributed by atoms with Crippen LogP contribution >= 0.6 is 0 Å². The molecule has 5 nitrogen and oxygen atoms in total. The maximum Gasteiger partial charge on any atom is 0.223 e. The Labute approximate surface area is 159 Å². The van der Waals surface area contributed by atoms with E-state index in [1.54, 1.807) is 11.1 Å². The summed E-state index contributed by atoms with van der Waals surface area (Å²) >= 11 is 0. The zero-order chi connectivity index (χ0) is 19.1. The van der Waals surface area contributed by atoms with Crippen LogP contribution in [0.5, 0.6) is 5.75 Å². The molecule has 0 radical (unpaired) electrons. The number of hydrogen-bond donors (Lipinski definition) is 1. The maximum atomic E-state index is 12.4. The first kappa shape index (κ1) is 18.7. The molecule has 0 bridgehead atoms. The third-order valence-electron chi connectivity index (χ3n) is 4.50. The minimum absolute atomic E-state index is 0.0731. The van der Waals surface area contributed by atoms with Gasteiger partial charge in [0, 0.05) is 19.7 Å². The van der Waals surface area contributed by atoms with Crippen molar-refractivity contribution in [3.63, 3.8) is 0 Å². The van der Waals surface area contributed by atoms with Crippen LogP contribution in [-0.4, -0.2) is 29.9 Å². The van der Waals surface area contributed by atoms with E-state index in [-0.39, 0.29) is 24.3 Å². The van der Waals surface area contributed by atoms with Gasteiger partial charge >= 0.3 is 0 Å². The molecule has 0 aliphatic carbocycles. The molecule has 3 rings (SSSR count). The van der Waals surface area contributed by atoms with Crippen molar-refractivity contribution in [2.45, 2.75) is 25.8 Å². The monoisotopic (exact) mass is 364 g/mol. The van der Waals surface area contributed by atoms with E-state index in [0.717, 1.165) is 23.3 Å². The Morgan fingerprint density at radius 3 is 2.59 bits per heavy atom. The average Bonchev–Trinajstić information content (AvgIpc) is 2.68. The molecule has 2 aromatic rings. The first-order valence-electron chi connectivity index (χ1n) is 9.16. The minimum Gasteiger partial charge on any atom is -0.494 e. The van der Waals surface area contributed by atoms with E-state index in [0.29, 0.717) is 13.2 Å². The Morgan fingerprint density at radius 2 is 1.81 bits per heavy atom. The van der Waals surface area contributed by atoms with Gasteiger partial charge in [0.2, 0.25) is 11.8 Å².